The van der Waals surface area contributed by atoms with Crippen molar-refractivity contribution in [2.24, 2.45) is 5.92 Å². The highest BCUT2D eigenvalue weighted by Gasteiger charge is 2.02. The van der Waals surface area contributed by atoms with Gasteiger partial charge in [0.05, 0.1) is 7.11 Å². The van der Waals surface area contributed by atoms with E-state index in [9.17, 15) is 0 Å². The third-order valence-corrected chi connectivity index (χ3v) is 2.83. The summed E-state index contributed by atoms with van der Waals surface area (Å²) in [5, 5.41) is 7.11. The molecule has 4 heteroatoms. The molecule has 100 valence electrons. The highest BCUT2D eigenvalue weighted by atomic mass is 32.1. The lowest BCUT2D eigenvalue weighted by Crippen LogP contribution is -2.38. The van der Waals surface area contributed by atoms with Gasteiger partial charge in [-0.15, -0.1) is 0 Å². The minimum atomic E-state index is 0.596. The predicted octanol–water partition coefficient (Wildman–Crippen LogP) is 2.36. The fourth-order valence-corrected chi connectivity index (χ4v) is 1.76. The lowest BCUT2D eigenvalue weighted by Gasteiger charge is -2.13. The average Bonchev–Trinajstić information content (AvgIpc) is 2.37. The minimum Gasteiger partial charge on any atom is -0.496 e. The fraction of sp³-hybridized carbons (Fsp3) is 0.500. The zero-order valence-electron chi connectivity index (χ0n) is 11.3. The topological polar surface area (TPSA) is 33.3 Å². The van der Waals surface area contributed by atoms with Crippen LogP contribution in [0.3, 0.4) is 0 Å². The summed E-state index contributed by atoms with van der Waals surface area (Å²) in [6.07, 6.45) is 0.896. The van der Waals surface area contributed by atoms with E-state index in [1.807, 2.05) is 18.2 Å². The second kappa shape index (κ2) is 7.93. The Bertz CT molecular complexity index is 380. The van der Waals surface area contributed by atoms with Gasteiger partial charge in [0.2, 0.25) is 0 Å². The van der Waals surface area contributed by atoms with Gasteiger partial charge in [-0.05, 0) is 36.2 Å². The first-order valence-electron chi connectivity index (χ1n) is 6.27. The van der Waals surface area contributed by atoms with E-state index in [4.69, 9.17) is 17.0 Å². The Kier molecular flexibility index (Phi) is 6.50. The average molecular weight is 266 g/mol. The van der Waals surface area contributed by atoms with E-state index in [0.717, 1.165) is 30.4 Å². The highest BCUT2D eigenvalue weighted by molar-refractivity contribution is 7.80. The van der Waals surface area contributed by atoms with Crippen LogP contribution in [0, 0.1) is 5.92 Å². The number of ether oxygens (including phenoxy) is 1. The molecule has 0 spiro atoms. The number of hydrogen-bond acceptors (Lipinski definition) is 2. The van der Waals surface area contributed by atoms with Crippen molar-refractivity contribution < 1.29 is 4.74 Å². The lowest BCUT2D eigenvalue weighted by molar-refractivity contribution is 0.409. The third-order valence-electron chi connectivity index (χ3n) is 2.54. The zero-order valence-corrected chi connectivity index (χ0v) is 12.1. The smallest absolute Gasteiger partial charge is 0.166 e. The summed E-state index contributed by atoms with van der Waals surface area (Å²) in [6, 6.07) is 8.05. The maximum atomic E-state index is 5.31. The van der Waals surface area contributed by atoms with Crippen LogP contribution in [0.25, 0.3) is 0 Å². The molecule has 1 rings (SSSR count). The lowest BCUT2D eigenvalue weighted by atomic mass is 10.1. The normalized spacial score (nSPS) is 10.2. The van der Waals surface area contributed by atoms with Crippen LogP contribution in [-0.2, 0) is 6.42 Å². The fourth-order valence-electron chi connectivity index (χ4n) is 1.58. The van der Waals surface area contributed by atoms with Gasteiger partial charge in [-0.1, -0.05) is 32.0 Å². The second-order valence-electron chi connectivity index (χ2n) is 4.59. The number of benzene rings is 1. The van der Waals surface area contributed by atoms with Crippen LogP contribution in [0.4, 0.5) is 0 Å². The number of rotatable bonds is 6. The summed E-state index contributed by atoms with van der Waals surface area (Å²) in [5.74, 6) is 1.53. The molecule has 0 amide bonds. The van der Waals surface area contributed by atoms with Crippen LogP contribution in [0.1, 0.15) is 19.4 Å². The molecule has 18 heavy (non-hydrogen) atoms. The quantitative estimate of drug-likeness (QED) is 0.775. The van der Waals surface area contributed by atoms with Crippen LogP contribution < -0.4 is 15.4 Å². The van der Waals surface area contributed by atoms with Gasteiger partial charge in [-0.2, -0.15) is 0 Å². The zero-order chi connectivity index (χ0) is 13.4. The summed E-state index contributed by atoms with van der Waals surface area (Å²) in [7, 11) is 1.70. The van der Waals surface area contributed by atoms with Crippen molar-refractivity contribution in [3.05, 3.63) is 29.8 Å². The number of thiocarbonyl (C=S) groups is 1. The van der Waals surface area contributed by atoms with Gasteiger partial charge in [0.15, 0.2) is 5.11 Å². The Morgan fingerprint density at radius 2 is 2.00 bits per heavy atom. The van der Waals surface area contributed by atoms with Crippen LogP contribution in [0.2, 0.25) is 0 Å². The van der Waals surface area contributed by atoms with Gasteiger partial charge < -0.3 is 15.4 Å². The molecule has 0 atom stereocenters. The first kappa shape index (κ1) is 14.8. The minimum absolute atomic E-state index is 0.596. The Balaban J connectivity index is 2.31. The van der Waals surface area contributed by atoms with Crippen molar-refractivity contribution in [2.45, 2.75) is 20.3 Å². The molecule has 0 heterocycles. The number of methoxy groups -OCH3 is 1. The van der Waals surface area contributed by atoms with Crippen molar-refractivity contribution in [2.75, 3.05) is 20.2 Å². The maximum Gasteiger partial charge on any atom is 0.166 e. The van der Waals surface area contributed by atoms with E-state index in [2.05, 4.69) is 30.5 Å². The first-order chi connectivity index (χ1) is 8.63. The van der Waals surface area contributed by atoms with Crippen molar-refractivity contribution in [3.8, 4) is 5.75 Å². The molecule has 0 unspecified atom stereocenters. The Labute approximate surface area is 115 Å². The molecule has 3 nitrogen and oxygen atoms in total. The molecule has 1 aromatic carbocycles. The van der Waals surface area contributed by atoms with Gasteiger partial charge >= 0.3 is 0 Å². The van der Waals surface area contributed by atoms with Crippen molar-refractivity contribution in [3.63, 3.8) is 0 Å². The van der Waals surface area contributed by atoms with Gasteiger partial charge in [0.25, 0.3) is 0 Å². The van der Waals surface area contributed by atoms with Gasteiger partial charge in [0.1, 0.15) is 5.75 Å². The highest BCUT2D eigenvalue weighted by Crippen LogP contribution is 2.17. The Morgan fingerprint density at radius 3 is 2.67 bits per heavy atom. The summed E-state index contributed by atoms with van der Waals surface area (Å²) >= 11 is 5.20. The van der Waals surface area contributed by atoms with E-state index >= 15 is 0 Å². The molecule has 0 aromatic heterocycles. The monoisotopic (exact) mass is 266 g/mol. The van der Waals surface area contributed by atoms with Gasteiger partial charge in [0, 0.05) is 13.1 Å². The molecule has 2 N–H and O–H groups in total. The summed E-state index contributed by atoms with van der Waals surface area (Å²) in [5.41, 5.74) is 1.19. The molecule has 0 bridgehead atoms. The van der Waals surface area contributed by atoms with Crippen LogP contribution in [-0.4, -0.2) is 25.3 Å². The van der Waals surface area contributed by atoms with E-state index in [1.54, 1.807) is 7.11 Å². The molecule has 0 aliphatic carbocycles. The summed E-state index contributed by atoms with van der Waals surface area (Å²) in [4.78, 5) is 0. The molecule has 0 aliphatic rings. The second-order valence-corrected chi connectivity index (χ2v) is 5.00. The number of hydrogen-bond donors (Lipinski definition) is 2. The van der Waals surface area contributed by atoms with Crippen LogP contribution >= 0.6 is 12.2 Å². The molecule has 0 saturated carbocycles. The molecule has 0 fully saturated rings. The van der Waals surface area contributed by atoms with Gasteiger partial charge in [-0.25, -0.2) is 0 Å². The van der Waals surface area contributed by atoms with Crippen LogP contribution in [0.5, 0.6) is 5.75 Å². The van der Waals surface area contributed by atoms with Crippen molar-refractivity contribution in [1.82, 2.24) is 10.6 Å². The van der Waals surface area contributed by atoms with Crippen LogP contribution in [0.15, 0.2) is 24.3 Å². The molecule has 1 aromatic rings. The first-order valence-corrected chi connectivity index (χ1v) is 6.68. The molecule has 0 radical (unpaired) electrons. The van der Waals surface area contributed by atoms with E-state index in [1.165, 1.54) is 5.56 Å². The Morgan fingerprint density at radius 1 is 1.28 bits per heavy atom. The summed E-state index contributed by atoms with van der Waals surface area (Å²) < 4.78 is 5.31. The number of nitrogens with one attached hydrogen (secondary N) is 2. The predicted molar refractivity (Wildman–Crippen MR) is 80.1 cm³/mol. The van der Waals surface area contributed by atoms with E-state index in [-0.39, 0.29) is 0 Å². The summed E-state index contributed by atoms with van der Waals surface area (Å²) in [6.45, 7) is 6.03. The largest absolute Gasteiger partial charge is 0.496 e. The SMILES string of the molecule is COc1ccccc1CCNC(=S)NCC(C)C. The molecular weight excluding hydrogens is 244 g/mol. The Hall–Kier alpha value is -1.29. The number of para-hydroxylation sites is 1. The molecule has 0 saturated heterocycles. The van der Waals surface area contributed by atoms with Crippen molar-refractivity contribution >= 4 is 17.3 Å². The van der Waals surface area contributed by atoms with E-state index in [0.29, 0.717) is 5.92 Å². The van der Waals surface area contributed by atoms with Gasteiger partial charge in [-0.3, -0.25) is 0 Å². The molecular formula is C14H22N2OS. The standard InChI is InChI=1S/C14H22N2OS/c1-11(2)10-16-14(18)15-9-8-12-6-4-5-7-13(12)17-3/h4-7,11H,8-10H2,1-3H3,(H2,15,16,18). The van der Waals surface area contributed by atoms with E-state index < -0.39 is 0 Å². The molecule has 0 aliphatic heterocycles. The van der Waals surface area contributed by atoms with Crippen molar-refractivity contribution in [1.29, 1.82) is 0 Å². The third kappa shape index (κ3) is 5.36. The maximum absolute atomic E-state index is 5.31.